The van der Waals surface area contributed by atoms with Gasteiger partial charge in [0.2, 0.25) is 0 Å². The largest absolute Gasteiger partial charge is 0.298 e. The normalized spacial score (nSPS) is 15.9. The maximum Gasteiger partial charge on any atom is 0.150 e. The van der Waals surface area contributed by atoms with Crippen molar-refractivity contribution in [3.8, 4) is 0 Å². The van der Waals surface area contributed by atoms with Crippen LogP contribution in [0.4, 0.5) is 0 Å². The second-order valence-electron chi connectivity index (χ2n) is 4.44. The van der Waals surface area contributed by atoms with Crippen LogP contribution in [0.5, 0.6) is 0 Å². The Kier molecular flexibility index (Phi) is 2.40. The molecule has 0 atom stereocenters. The summed E-state index contributed by atoms with van der Waals surface area (Å²) >= 11 is 0. The van der Waals surface area contributed by atoms with Gasteiger partial charge in [0.1, 0.15) is 6.29 Å². The molecule has 1 saturated carbocycles. The van der Waals surface area contributed by atoms with Crippen LogP contribution in [0.2, 0.25) is 0 Å². The minimum atomic E-state index is 0.549. The minimum Gasteiger partial charge on any atom is -0.298 e. The minimum absolute atomic E-state index is 0.549. The molecule has 0 bridgehead atoms. The molecule has 0 spiro atoms. The number of rotatable bonds is 3. The molecule has 1 fully saturated rings. The summed E-state index contributed by atoms with van der Waals surface area (Å²) in [6.07, 6.45) is 3.49. The van der Waals surface area contributed by atoms with Crippen LogP contribution in [0.25, 0.3) is 0 Å². The second kappa shape index (κ2) is 3.56. The third-order valence-electron chi connectivity index (χ3n) is 2.92. The number of hydrogen-bond donors (Lipinski definition) is 0. The van der Waals surface area contributed by atoms with E-state index in [0.717, 1.165) is 11.8 Å². The van der Waals surface area contributed by atoms with E-state index in [-0.39, 0.29) is 0 Å². The summed E-state index contributed by atoms with van der Waals surface area (Å²) in [6.45, 7) is 4.37. The van der Waals surface area contributed by atoms with Crippen LogP contribution < -0.4 is 0 Å². The zero-order valence-electron chi connectivity index (χ0n) is 8.79. The first-order valence-electron chi connectivity index (χ1n) is 5.31. The number of carbonyl (C=O) groups is 1. The van der Waals surface area contributed by atoms with Crippen molar-refractivity contribution in [2.75, 3.05) is 0 Å². The summed E-state index contributed by atoms with van der Waals surface area (Å²) in [7, 11) is 0. The van der Waals surface area contributed by atoms with Crippen molar-refractivity contribution in [3.05, 3.63) is 34.9 Å². The number of carbonyl (C=O) groups excluding carboxylic acids is 1. The highest BCUT2D eigenvalue weighted by atomic mass is 16.1. The molecule has 0 aliphatic heterocycles. The smallest absolute Gasteiger partial charge is 0.150 e. The molecule has 0 aromatic heterocycles. The first kappa shape index (κ1) is 9.45. The van der Waals surface area contributed by atoms with E-state index in [2.05, 4.69) is 26.0 Å². The van der Waals surface area contributed by atoms with E-state index >= 15 is 0 Å². The van der Waals surface area contributed by atoms with Crippen LogP contribution >= 0.6 is 0 Å². The van der Waals surface area contributed by atoms with Crippen LogP contribution in [0.15, 0.2) is 18.2 Å². The summed E-state index contributed by atoms with van der Waals surface area (Å²) in [6, 6.07) is 6.25. The van der Waals surface area contributed by atoms with E-state index in [1.165, 1.54) is 24.0 Å². The lowest BCUT2D eigenvalue weighted by molar-refractivity contribution is 0.112. The Morgan fingerprint density at radius 1 is 1.36 bits per heavy atom. The lowest BCUT2D eigenvalue weighted by Gasteiger charge is -2.09. The van der Waals surface area contributed by atoms with Crippen molar-refractivity contribution < 1.29 is 4.79 Å². The third kappa shape index (κ3) is 1.72. The predicted molar refractivity (Wildman–Crippen MR) is 57.9 cm³/mol. The van der Waals surface area contributed by atoms with Crippen molar-refractivity contribution in [1.29, 1.82) is 0 Å². The average molecular weight is 188 g/mol. The van der Waals surface area contributed by atoms with Gasteiger partial charge in [0.15, 0.2) is 0 Å². The van der Waals surface area contributed by atoms with Gasteiger partial charge >= 0.3 is 0 Å². The quantitative estimate of drug-likeness (QED) is 0.663. The molecule has 0 N–H and O–H groups in total. The molecule has 1 heteroatoms. The molecule has 1 nitrogen and oxygen atoms in total. The summed E-state index contributed by atoms with van der Waals surface area (Å²) < 4.78 is 0. The molecule has 74 valence electrons. The molecular formula is C13H16O. The molecule has 1 aliphatic carbocycles. The number of benzene rings is 1. The van der Waals surface area contributed by atoms with Crippen molar-refractivity contribution >= 4 is 6.29 Å². The third-order valence-corrected chi connectivity index (χ3v) is 2.92. The summed E-state index contributed by atoms with van der Waals surface area (Å²) in [5.41, 5.74) is 3.50. The molecule has 0 saturated heterocycles. The molecule has 0 heterocycles. The van der Waals surface area contributed by atoms with Crippen LogP contribution in [0, 0.1) is 0 Å². The molecule has 0 amide bonds. The van der Waals surface area contributed by atoms with Gasteiger partial charge in [0.25, 0.3) is 0 Å². The first-order chi connectivity index (χ1) is 6.72. The Balaban J connectivity index is 2.41. The van der Waals surface area contributed by atoms with Gasteiger partial charge in [-0.05, 0) is 35.8 Å². The van der Waals surface area contributed by atoms with Crippen LogP contribution in [0.3, 0.4) is 0 Å². The van der Waals surface area contributed by atoms with Crippen molar-refractivity contribution in [2.45, 2.75) is 38.5 Å². The monoisotopic (exact) mass is 188 g/mol. The summed E-state index contributed by atoms with van der Waals surface area (Å²) in [5, 5.41) is 0. The SMILES string of the molecule is CC(C)c1ccc(C=O)c(C2CC2)c1. The van der Waals surface area contributed by atoms with Crippen molar-refractivity contribution in [2.24, 2.45) is 0 Å². The Hall–Kier alpha value is -1.11. The number of hydrogen-bond acceptors (Lipinski definition) is 1. The zero-order valence-corrected chi connectivity index (χ0v) is 8.79. The lowest BCUT2D eigenvalue weighted by atomic mass is 9.95. The van der Waals surface area contributed by atoms with Crippen LogP contribution in [-0.4, -0.2) is 6.29 Å². The van der Waals surface area contributed by atoms with Gasteiger partial charge in [0, 0.05) is 5.56 Å². The molecule has 1 aromatic carbocycles. The van der Waals surface area contributed by atoms with E-state index in [4.69, 9.17) is 0 Å². The van der Waals surface area contributed by atoms with Gasteiger partial charge in [0.05, 0.1) is 0 Å². The zero-order chi connectivity index (χ0) is 10.1. The fraction of sp³-hybridized carbons (Fsp3) is 0.462. The molecule has 2 rings (SSSR count). The Labute approximate surface area is 85.1 Å². The highest BCUT2D eigenvalue weighted by molar-refractivity contribution is 5.78. The van der Waals surface area contributed by atoms with Crippen LogP contribution in [-0.2, 0) is 0 Å². The second-order valence-corrected chi connectivity index (χ2v) is 4.44. The molecule has 14 heavy (non-hydrogen) atoms. The molecular weight excluding hydrogens is 172 g/mol. The maximum atomic E-state index is 10.8. The van der Waals surface area contributed by atoms with E-state index < -0.39 is 0 Å². The van der Waals surface area contributed by atoms with E-state index in [0.29, 0.717) is 11.8 Å². The van der Waals surface area contributed by atoms with Crippen molar-refractivity contribution in [1.82, 2.24) is 0 Å². The van der Waals surface area contributed by atoms with E-state index in [1.54, 1.807) is 0 Å². The molecule has 0 unspecified atom stereocenters. The predicted octanol–water partition coefficient (Wildman–Crippen LogP) is 3.50. The van der Waals surface area contributed by atoms with E-state index in [1.807, 2.05) is 6.07 Å². The summed E-state index contributed by atoms with van der Waals surface area (Å²) in [5.74, 6) is 1.21. The molecule has 1 aliphatic rings. The highest BCUT2D eigenvalue weighted by Gasteiger charge is 2.26. The van der Waals surface area contributed by atoms with Crippen LogP contribution in [0.1, 0.15) is 60.0 Å². The van der Waals surface area contributed by atoms with Gasteiger partial charge < -0.3 is 0 Å². The average Bonchev–Trinajstić information content (AvgIpc) is 3.00. The van der Waals surface area contributed by atoms with Gasteiger partial charge in [-0.25, -0.2) is 0 Å². The molecule has 1 aromatic rings. The maximum absolute atomic E-state index is 10.8. The lowest BCUT2D eigenvalue weighted by Crippen LogP contribution is -1.95. The topological polar surface area (TPSA) is 17.1 Å². The fourth-order valence-electron chi connectivity index (χ4n) is 1.81. The Morgan fingerprint density at radius 3 is 2.57 bits per heavy atom. The summed E-state index contributed by atoms with van der Waals surface area (Å²) in [4.78, 5) is 10.8. The molecule has 0 radical (unpaired) electrons. The standard InChI is InChI=1S/C13H16O/c1-9(2)11-5-6-12(8-14)13(7-11)10-3-4-10/h5-10H,3-4H2,1-2H3. The Bertz CT molecular complexity index is 348. The van der Waals surface area contributed by atoms with Gasteiger partial charge in [-0.15, -0.1) is 0 Å². The highest BCUT2D eigenvalue weighted by Crippen LogP contribution is 2.42. The van der Waals surface area contributed by atoms with Gasteiger partial charge in [-0.2, -0.15) is 0 Å². The first-order valence-corrected chi connectivity index (χ1v) is 5.31. The van der Waals surface area contributed by atoms with E-state index in [9.17, 15) is 4.79 Å². The Morgan fingerprint density at radius 2 is 2.07 bits per heavy atom. The van der Waals surface area contributed by atoms with Crippen molar-refractivity contribution in [3.63, 3.8) is 0 Å². The van der Waals surface area contributed by atoms with Gasteiger partial charge in [-0.1, -0.05) is 32.0 Å². The number of aldehydes is 1. The fourth-order valence-corrected chi connectivity index (χ4v) is 1.81. The van der Waals surface area contributed by atoms with Gasteiger partial charge in [-0.3, -0.25) is 4.79 Å².